The van der Waals surface area contributed by atoms with E-state index in [0.29, 0.717) is 0 Å². The van der Waals surface area contributed by atoms with E-state index in [2.05, 4.69) is 9.73 Å². The van der Waals surface area contributed by atoms with E-state index in [1.165, 1.54) is 6.08 Å². The van der Waals surface area contributed by atoms with Gasteiger partial charge in [0.05, 0.1) is 17.2 Å². The molecule has 0 N–H and O–H groups in total. The van der Waals surface area contributed by atoms with Crippen LogP contribution in [0.2, 0.25) is 10.0 Å². The van der Waals surface area contributed by atoms with Gasteiger partial charge in [0.25, 0.3) is 0 Å². The molecule has 0 amide bonds. The lowest BCUT2D eigenvalue weighted by atomic mass is 10.2. The van der Waals surface area contributed by atoms with Crippen LogP contribution in [0.15, 0.2) is 11.1 Å². The van der Waals surface area contributed by atoms with Crippen molar-refractivity contribution >= 4 is 40.9 Å². The smallest absolute Gasteiger partial charge is 0.339 e. The first-order valence-corrected chi connectivity index (χ1v) is 5.21. The Bertz CT molecular complexity index is 513. The Morgan fingerprint density at radius 2 is 2.18 bits per heavy atom. The van der Waals surface area contributed by atoms with E-state index in [9.17, 15) is 14.0 Å². The van der Waals surface area contributed by atoms with Gasteiger partial charge in [-0.25, -0.2) is 14.0 Å². The summed E-state index contributed by atoms with van der Waals surface area (Å²) in [6.07, 6.45) is 1.18. The summed E-state index contributed by atoms with van der Waals surface area (Å²) in [6.45, 7) is 1.69. The van der Waals surface area contributed by atoms with E-state index in [0.717, 1.165) is 6.07 Å². The van der Waals surface area contributed by atoms with Gasteiger partial charge in [-0.1, -0.05) is 23.2 Å². The van der Waals surface area contributed by atoms with Crippen LogP contribution in [0, 0.1) is 5.82 Å². The van der Waals surface area contributed by atoms with Crippen LogP contribution in [0.5, 0.6) is 0 Å². The van der Waals surface area contributed by atoms with E-state index in [1.807, 2.05) is 0 Å². The van der Waals surface area contributed by atoms with Crippen LogP contribution in [0.3, 0.4) is 0 Å². The SMILES string of the molecule is CCOC(=O)c1cc(F)c(Cl)c(N=C=O)c1Cl. The highest BCUT2D eigenvalue weighted by Crippen LogP contribution is 2.37. The second-order valence-electron chi connectivity index (χ2n) is 2.81. The van der Waals surface area contributed by atoms with Gasteiger partial charge in [0.15, 0.2) is 0 Å². The average Bonchev–Trinajstić information content (AvgIpc) is 2.29. The van der Waals surface area contributed by atoms with Crippen LogP contribution >= 0.6 is 23.2 Å². The number of isocyanates is 1. The lowest BCUT2D eigenvalue weighted by Gasteiger charge is -2.07. The van der Waals surface area contributed by atoms with Crippen molar-refractivity contribution in [1.82, 2.24) is 0 Å². The largest absolute Gasteiger partial charge is 0.462 e. The molecule has 17 heavy (non-hydrogen) atoms. The molecular formula is C10H6Cl2FNO3. The van der Waals surface area contributed by atoms with E-state index in [4.69, 9.17) is 23.2 Å². The summed E-state index contributed by atoms with van der Waals surface area (Å²) >= 11 is 11.3. The highest BCUT2D eigenvalue weighted by molar-refractivity contribution is 6.40. The Hall–Kier alpha value is -1.42. The molecule has 0 aliphatic heterocycles. The summed E-state index contributed by atoms with van der Waals surface area (Å²) in [7, 11) is 0. The highest BCUT2D eigenvalue weighted by atomic mass is 35.5. The Morgan fingerprint density at radius 1 is 1.53 bits per heavy atom. The van der Waals surface area contributed by atoms with E-state index in [1.54, 1.807) is 6.92 Å². The molecule has 0 bridgehead atoms. The molecule has 0 saturated heterocycles. The molecule has 0 unspecified atom stereocenters. The molecule has 0 saturated carbocycles. The van der Waals surface area contributed by atoms with Crippen LogP contribution in [-0.2, 0) is 9.53 Å². The van der Waals surface area contributed by atoms with Crippen molar-refractivity contribution < 1.29 is 18.7 Å². The van der Waals surface area contributed by atoms with Gasteiger partial charge in [0.2, 0.25) is 6.08 Å². The van der Waals surface area contributed by atoms with E-state index < -0.39 is 16.8 Å². The number of esters is 1. The summed E-state index contributed by atoms with van der Waals surface area (Å²) < 4.78 is 18.0. The maximum Gasteiger partial charge on any atom is 0.339 e. The summed E-state index contributed by atoms with van der Waals surface area (Å²) in [5, 5.41) is -0.704. The van der Waals surface area contributed by atoms with E-state index in [-0.39, 0.29) is 22.9 Å². The number of carbonyl (C=O) groups excluding carboxylic acids is 2. The first-order chi connectivity index (χ1) is 8.02. The molecule has 1 aromatic rings. The van der Waals surface area contributed by atoms with Crippen molar-refractivity contribution in [1.29, 1.82) is 0 Å². The minimum absolute atomic E-state index is 0.103. The zero-order valence-electron chi connectivity index (χ0n) is 8.59. The van der Waals surface area contributed by atoms with Crippen molar-refractivity contribution in [3.63, 3.8) is 0 Å². The van der Waals surface area contributed by atoms with Crippen LogP contribution in [0.1, 0.15) is 17.3 Å². The quantitative estimate of drug-likeness (QED) is 0.369. The first-order valence-electron chi connectivity index (χ1n) is 4.45. The van der Waals surface area contributed by atoms with E-state index >= 15 is 0 Å². The van der Waals surface area contributed by atoms with Crippen molar-refractivity contribution in [2.75, 3.05) is 6.61 Å². The van der Waals surface area contributed by atoms with Gasteiger partial charge in [0.1, 0.15) is 16.5 Å². The fourth-order valence-electron chi connectivity index (χ4n) is 1.09. The van der Waals surface area contributed by atoms with Crippen molar-refractivity contribution in [3.8, 4) is 0 Å². The minimum atomic E-state index is -0.923. The second-order valence-corrected chi connectivity index (χ2v) is 3.56. The lowest BCUT2D eigenvalue weighted by Crippen LogP contribution is -2.06. The molecule has 1 aromatic carbocycles. The summed E-state index contributed by atoms with van der Waals surface area (Å²) in [5.74, 6) is -1.75. The normalized spacial score (nSPS) is 9.65. The zero-order chi connectivity index (χ0) is 13.0. The third-order valence-corrected chi connectivity index (χ3v) is 2.53. The van der Waals surface area contributed by atoms with Gasteiger partial charge in [-0.2, -0.15) is 4.99 Å². The Balaban J connectivity index is 3.43. The fraction of sp³-hybridized carbons (Fsp3) is 0.200. The molecular weight excluding hydrogens is 272 g/mol. The molecule has 0 aromatic heterocycles. The molecule has 0 aliphatic carbocycles. The van der Waals surface area contributed by atoms with Crippen LogP contribution < -0.4 is 0 Å². The molecule has 0 radical (unpaired) electrons. The number of aliphatic imine (C=N–C) groups is 1. The minimum Gasteiger partial charge on any atom is -0.462 e. The Labute approximate surface area is 106 Å². The number of carbonyl (C=O) groups is 1. The van der Waals surface area contributed by atoms with Crippen molar-refractivity contribution in [2.45, 2.75) is 6.92 Å². The molecule has 1 rings (SSSR count). The highest BCUT2D eigenvalue weighted by Gasteiger charge is 2.20. The number of halogens is 3. The molecule has 4 nitrogen and oxygen atoms in total. The summed E-state index contributed by atoms with van der Waals surface area (Å²) in [4.78, 5) is 24.7. The molecule has 90 valence electrons. The number of rotatable bonds is 3. The molecule has 0 heterocycles. The average molecular weight is 278 g/mol. The Kier molecular flexibility index (Phi) is 4.63. The zero-order valence-corrected chi connectivity index (χ0v) is 10.1. The number of hydrogen-bond donors (Lipinski definition) is 0. The fourth-order valence-corrected chi connectivity index (χ4v) is 1.60. The van der Waals surface area contributed by atoms with Gasteiger partial charge in [-0.05, 0) is 13.0 Å². The standard InChI is InChI=1S/C10H6Cl2FNO3/c1-2-17-10(16)5-3-6(13)8(12)9(7(5)11)14-4-15/h3H,2H2,1H3. The lowest BCUT2D eigenvalue weighted by molar-refractivity contribution is 0.0526. The molecule has 0 atom stereocenters. The van der Waals surface area contributed by atoms with Crippen molar-refractivity contribution in [3.05, 3.63) is 27.5 Å². The number of nitrogens with zero attached hydrogens (tertiary/aromatic N) is 1. The number of ether oxygens (including phenoxy) is 1. The Morgan fingerprint density at radius 3 is 2.71 bits per heavy atom. The maximum atomic E-state index is 13.4. The molecule has 7 heteroatoms. The second kappa shape index (κ2) is 5.77. The molecule has 0 fully saturated rings. The van der Waals surface area contributed by atoms with Gasteiger partial charge >= 0.3 is 5.97 Å². The number of hydrogen-bond acceptors (Lipinski definition) is 4. The number of benzene rings is 1. The van der Waals surface area contributed by atoms with Crippen molar-refractivity contribution in [2.24, 2.45) is 4.99 Å². The third kappa shape index (κ3) is 2.82. The van der Waals surface area contributed by atoms with Gasteiger partial charge in [0, 0.05) is 0 Å². The summed E-state index contributed by atoms with van der Waals surface area (Å²) in [6, 6.07) is 0.826. The summed E-state index contributed by atoms with van der Waals surface area (Å²) in [5.41, 5.74) is -0.587. The van der Waals surface area contributed by atoms with Crippen LogP contribution in [0.25, 0.3) is 0 Å². The first kappa shape index (κ1) is 13.6. The monoisotopic (exact) mass is 277 g/mol. The topological polar surface area (TPSA) is 55.7 Å². The van der Waals surface area contributed by atoms with Gasteiger partial charge < -0.3 is 4.74 Å². The predicted octanol–water partition coefficient (Wildman–Crippen LogP) is 3.28. The van der Waals surface area contributed by atoms with Crippen LogP contribution in [0.4, 0.5) is 10.1 Å². The van der Waals surface area contributed by atoms with Gasteiger partial charge in [-0.3, -0.25) is 0 Å². The predicted molar refractivity (Wildman–Crippen MR) is 60.2 cm³/mol. The van der Waals surface area contributed by atoms with Gasteiger partial charge in [-0.15, -0.1) is 0 Å². The third-order valence-electron chi connectivity index (χ3n) is 1.79. The maximum absolute atomic E-state index is 13.4. The van der Waals surface area contributed by atoms with Crippen LogP contribution in [-0.4, -0.2) is 18.7 Å². The molecule has 0 spiro atoms. The molecule has 0 aliphatic rings.